The first-order chi connectivity index (χ1) is 11.5. The first kappa shape index (κ1) is 14.0. The third kappa shape index (κ3) is 1.75. The van der Waals surface area contributed by atoms with Gasteiger partial charge in [-0.25, -0.2) is 4.79 Å². The third-order valence-corrected chi connectivity index (χ3v) is 3.91. The Hall–Kier alpha value is -3.61. The smallest absolute Gasteiger partial charge is 0.343 e. The number of hydrogen-bond acceptors (Lipinski definition) is 5. The van der Waals surface area contributed by atoms with Crippen molar-refractivity contribution >= 4 is 27.8 Å². The molecule has 0 bridgehead atoms. The second kappa shape index (κ2) is 4.69. The van der Waals surface area contributed by atoms with Crippen molar-refractivity contribution in [3.05, 3.63) is 63.5 Å². The van der Waals surface area contributed by atoms with E-state index in [1.807, 2.05) is 0 Å². The summed E-state index contributed by atoms with van der Waals surface area (Å²) < 4.78 is 6.04. The number of phenols is 1. The fourth-order valence-corrected chi connectivity index (χ4v) is 2.85. The van der Waals surface area contributed by atoms with Crippen LogP contribution in [0.1, 0.15) is 10.4 Å². The molecule has 1 aliphatic heterocycles. The van der Waals surface area contributed by atoms with Crippen molar-refractivity contribution in [2.75, 3.05) is 0 Å². The van der Waals surface area contributed by atoms with E-state index in [1.165, 1.54) is 6.07 Å². The largest absolute Gasteiger partial charge is 0.618 e. The van der Waals surface area contributed by atoms with Gasteiger partial charge in [0.05, 0.1) is 5.39 Å². The topological polar surface area (TPSA) is 115 Å². The van der Waals surface area contributed by atoms with Crippen LogP contribution in [-0.4, -0.2) is 16.2 Å². The van der Waals surface area contributed by atoms with Crippen LogP contribution in [0.5, 0.6) is 5.75 Å². The lowest BCUT2D eigenvalue weighted by atomic mass is 10.0. The number of carboxylic acids is 1. The maximum atomic E-state index is 12.8. The summed E-state index contributed by atoms with van der Waals surface area (Å²) in [6.45, 7) is 0. The summed E-state index contributed by atoms with van der Waals surface area (Å²) >= 11 is 0. The number of nitrogens with zero attached hydrogens (tertiary/aromatic N) is 1. The summed E-state index contributed by atoms with van der Waals surface area (Å²) in [7, 11) is 0. The van der Waals surface area contributed by atoms with Gasteiger partial charge in [0.15, 0.2) is 11.0 Å². The zero-order valence-electron chi connectivity index (χ0n) is 12.0. The summed E-state index contributed by atoms with van der Waals surface area (Å²) in [4.78, 5) is 23.6. The Morgan fingerprint density at radius 1 is 1.12 bits per heavy atom. The maximum absolute atomic E-state index is 12.8. The zero-order valence-corrected chi connectivity index (χ0v) is 12.0. The molecule has 0 atom stereocenters. The fraction of sp³-hybridized carbons (Fsp3) is 0. The van der Waals surface area contributed by atoms with Gasteiger partial charge in [-0.2, -0.15) is 4.73 Å². The van der Waals surface area contributed by atoms with E-state index in [4.69, 9.17) is 4.42 Å². The Labute approximate surface area is 133 Å². The molecule has 118 valence electrons. The molecular weight excluding hydrogens is 314 g/mol. The average Bonchev–Trinajstić information content (AvgIpc) is 2.54. The molecule has 2 aromatic carbocycles. The number of aromatic hydroxyl groups is 1. The highest BCUT2D eigenvalue weighted by atomic mass is 16.5. The van der Waals surface area contributed by atoms with Gasteiger partial charge in [-0.05, 0) is 12.1 Å². The van der Waals surface area contributed by atoms with Crippen molar-refractivity contribution in [3.8, 4) is 17.2 Å². The number of carbonyl (C=O) groups is 1. The molecule has 0 spiro atoms. The van der Waals surface area contributed by atoms with Crippen molar-refractivity contribution in [1.82, 2.24) is 0 Å². The van der Waals surface area contributed by atoms with Gasteiger partial charge < -0.3 is 19.8 Å². The quantitative estimate of drug-likeness (QED) is 0.240. The van der Waals surface area contributed by atoms with Gasteiger partial charge in [0, 0.05) is 17.5 Å². The second-order valence-electron chi connectivity index (χ2n) is 5.28. The van der Waals surface area contributed by atoms with E-state index in [1.54, 1.807) is 24.3 Å². The lowest BCUT2D eigenvalue weighted by Gasteiger charge is -2.12. The van der Waals surface area contributed by atoms with Crippen LogP contribution in [0.3, 0.4) is 0 Å². The minimum Gasteiger partial charge on any atom is -0.618 e. The summed E-state index contributed by atoms with van der Waals surface area (Å²) in [6.07, 6.45) is 0. The molecule has 7 heteroatoms. The molecule has 2 N–H and O–H groups in total. The van der Waals surface area contributed by atoms with Gasteiger partial charge in [0.25, 0.3) is 11.2 Å². The Balaban J connectivity index is 2.31. The highest BCUT2D eigenvalue weighted by Crippen LogP contribution is 2.32. The van der Waals surface area contributed by atoms with E-state index in [-0.39, 0.29) is 28.0 Å². The molecule has 7 nitrogen and oxygen atoms in total. The van der Waals surface area contributed by atoms with Crippen LogP contribution in [0.25, 0.3) is 33.3 Å². The first-order valence-corrected chi connectivity index (χ1v) is 6.96. The monoisotopic (exact) mass is 323 g/mol. The number of hydrogen-bond donors (Lipinski definition) is 2. The van der Waals surface area contributed by atoms with Gasteiger partial charge in [-0.1, -0.05) is 18.2 Å². The maximum Gasteiger partial charge on any atom is 0.343 e. The molecule has 24 heavy (non-hydrogen) atoms. The van der Waals surface area contributed by atoms with Crippen LogP contribution in [0.15, 0.2) is 51.7 Å². The Bertz CT molecular complexity index is 1180. The van der Waals surface area contributed by atoms with Crippen molar-refractivity contribution < 1.29 is 24.2 Å². The number of aromatic carboxylic acids is 1. The first-order valence-electron chi connectivity index (χ1n) is 6.96. The predicted molar refractivity (Wildman–Crippen MR) is 84.2 cm³/mol. The molecule has 0 amide bonds. The Morgan fingerprint density at radius 2 is 1.83 bits per heavy atom. The predicted octanol–water partition coefficient (Wildman–Crippen LogP) is 2.09. The molecule has 0 fully saturated rings. The van der Waals surface area contributed by atoms with Crippen molar-refractivity contribution in [2.24, 2.45) is 0 Å². The summed E-state index contributed by atoms with van der Waals surface area (Å²) in [5.74, 6) is -2.01. The van der Waals surface area contributed by atoms with E-state index in [0.717, 1.165) is 12.1 Å². The lowest BCUT2D eigenvalue weighted by molar-refractivity contribution is -0.565. The van der Waals surface area contributed by atoms with E-state index in [9.17, 15) is 25.0 Å². The van der Waals surface area contributed by atoms with Gasteiger partial charge in [-0.3, -0.25) is 4.79 Å². The summed E-state index contributed by atoms with van der Waals surface area (Å²) in [5, 5.41) is 32.6. The number of rotatable bonds is 1. The minimum atomic E-state index is -1.44. The standard InChI is InChI=1S/C17H9NO6/c19-11-6-5-10-16(14(11)17(21)22)24-13-7-12(20)8-3-1-2-4-9(8)15(13)18(10)23/h1-7,19H,(H,21,22). The zero-order chi connectivity index (χ0) is 17.0. The van der Waals surface area contributed by atoms with Gasteiger partial charge in [0.2, 0.25) is 11.3 Å². The van der Waals surface area contributed by atoms with E-state index < -0.39 is 17.3 Å². The van der Waals surface area contributed by atoms with Crippen LogP contribution in [0.2, 0.25) is 0 Å². The SMILES string of the molecule is O=C(O)c1c(O)ccc2c1oc1cc(=O)c3ccccc3c-1[n+]2[O-]. The molecule has 0 saturated carbocycles. The molecule has 0 saturated heterocycles. The second-order valence-corrected chi connectivity index (χ2v) is 5.28. The highest BCUT2D eigenvalue weighted by Gasteiger charge is 2.28. The van der Waals surface area contributed by atoms with Crippen molar-refractivity contribution in [1.29, 1.82) is 0 Å². The summed E-state index contributed by atoms with van der Waals surface area (Å²) in [6, 6.07) is 10.1. The normalized spacial score (nSPS) is 11.3. The molecule has 1 heterocycles. The highest BCUT2D eigenvalue weighted by molar-refractivity contribution is 6.03. The number of carboxylic acid groups (broad SMARTS) is 1. The minimum absolute atomic E-state index is 0.0469. The molecular formula is C17H9NO6. The molecule has 2 aliphatic rings. The fourth-order valence-electron chi connectivity index (χ4n) is 2.85. The van der Waals surface area contributed by atoms with Crippen LogP contribution in [-0.2, 0) is 0 Å². The van der Waals surface area contributed by atoms with E-state index >= 15 is 0 Å². The van der Waals surface area contributed by atoms with Crippen LogP contribution in [0, 0.1) is 5.21 Å². The molecule has 0 unspecified atom stereocenters. The van der Waals surface area contributed by atoms with Crippen LogP contribution in [0.4, 0.5) is 0 Å². The van der Waals surface area contributed by atoms with Crippen molar-refractivity contribution in [3.63, 3.8) is 0 Å². The molecule has 4 rings (SSSR count). The van der Waals surface area contributed by atoms with Gasteiger partial charge in [-0.15, -0.1) is 0 Å². The molecule has 0 aromatic heterocycles. The van der Waals surface area contributed by atoms with Crippen LogP contribution < -0.4 is 10.2 Å². The lowest BCUT2D eigenvalue weighted by Crippen LogP contribution is -2.32. The molecule has 1 aliphatic carbocycles. The number of fused-ring (bicyclic) bond motifs is 4. The third-order valence-electron chi connectivity index (χ3n) is 3.91. The van der Waals surface area contributed by atoms with Gasteiger partial charge in [0.1, 0.15) is 5.75 Å². The number of aromatic nitrogens is 1. The van der Waals surface area contributed by atoms with Crippen molar-refractivity contribution in [2.45, 2.75) is 0 Å². The molecule has 0 radical (unpaired) electrons. The number of benzene rings is 3. The average molecular weight is 323 g/mol. The van der Waals surface area contributed by atoms with Crippen LogP contribution >= 0.6 is 0 Å². The van der Waals surface area contributed by atoms with E-state index in [0.29, 0.717) is 15.5 Å². The Kier molecular flexibility index (Phi) is 2.74. The van der Waals surface area contributed by atoms with Gasteiger partial charge >= 0.3 is 5.97 Å². The summed E-state index contributed by atoms with van der Waals surface area (Å²) in [5.41, 5.74) is -1.10. The Morgan fingerprint density at radius 3 is 2.54 bits per heavy atom. The molecule has 2 aromatic rings. The van der Waals surface area contributed by atoms with E-state index in [2.05, 4.69) is 0 Å².